The lowest BCUT2D eigenvalue weighted by molar-refractivity contribution is 0.548. The van der Waals surface area contributed by atoms with Crippen molar-refractivity contribution in [3.05, 3.63) is 0 Å². The third kappa shape index (κ3) is 6.50. The summed E-state index contributed by atoms with van der Waals surface area (Å²) in [4.78, 5) is 0. The molecule has 0 aromatic carbocycles. The van der Waals surface area contributed by atoms with E-state index < -0.39 is 0 Å². The number of rotatable bonds is 6. The van der Waals surface area contributed by atoms with Crippen LogP contribution in [0, 0.1) is 0 Å². The van der Waals surface area contributed by atoms with Gasteiger partial charge in [0.25, 0.3) is 0 Å². The summed E-state index contributed by atoms with van der Waals surface area (Å²) >= 11 is 9.34. The minimum Gasteiger partial charge on any atom is -0.327 e. The van der Waals surface area contributed by atoms with E-state index in [2.05, 4.69) is 24.4 Å². The van der Waals surface area contributed by atoms with Crippen molar-refractivity contribution in [2.75, 3.05) is 0 Å². The number of nitrogens with two attached hydrogens (primary N) is 2. The number of hydrogen-bond donors (Lipinski definition) is 2. The Balaban J connectivity index is 3.46. The molecule has 0 aromatic heterocycles. The average molecular weight is 190 g/mol. The fourth-order valence-electron chi connectivity index (χ4n) is 0.829. The maximum Gasteiger partial charge on any atom is 0.00964 e. The zero-order chi connectivity index (χ0) is 8.69. The maximum absolute atomic E-state index is 5.69. The van der Waals surface area contributed by atoms with Crippen LogP contribution in [-0.2, 0) is 0 Å². The van der Waals surface area contributed by atoms with Gasteiger partial charge < -0.3 is 11.5 Å². The minimum atomic E-state index is 0.0949. The smallest absolute Gasteiger partial charge is 0.00964 e. The van der Waals surface area contributed by atoms with E-state index in [1.54, 1.807) is 10.7 Å². The van der Waals surface area contributed by atoms with Crippen molar-refractivity contribution in [3.8, 4) is 0 Å². The monoisotopic (exact) mass is 190 g/mol. The Bertz CT molecular complexity index is 114. The molecule has 0 aliphatic carbocycles. The predicted octanol–water partition coefficient (Wildman–Crippen LogP) is 0.811. The molecule has 0 aliphatic heterocycles. The first-order valence-corrected chi connectivity index (χ1v) is 4.53. The molecule has 0 radical (unpaired) electrons. The first-order chi connectivity index (χ1) is 5.20. The molecule has 0 saturated carbocycles. The van der Waals surface area contributed by atoms with Gasteiger partial charge in [0.05, 0.1) is 0 Å². The van der Waals surface area contributed by atoms with Crippen LogP contribution in [-0.4, -0.2) is 22.8 Å². The van der Waals surface area contributed by atoms with Gasteiger partial charge in [-0.3, -0.25) is 0 Å². The molecular weight excluding hydrogens is 176 g/mol. The second-order valence-electron chi connectivity index (χ2n) is 2.56. The third-order valence-corrected chi connectivity index (χ3v) is 1.79. The van der Waals surface area contributed by atoms with Gasteiger partial charge in [0.2, 0.25) is 0 Å². The van der Waals surface area contributed by atoms with Crippen molar-refractivity contribution in [1.29, 1.82) is 0 Å². The Kier molecular flexibility index (Phi) is 6.85. The molecule has 4 N–H and O–H groups in total. The summed E-state index contributed by atoms with van der Waals surface area (Å²) in [6.07, 6.45) is 2.29. The summed E-state index contributed by atoms with van der Waals surface area (Å²) < 4.78 is 0. The lowest BCUT2D eigenvalue weighted by Crippen LogP contribution is -2.31. The van der Waals surface area contributed by atoms with E-state index >= 15 is 0 Å². The molecule has 0 bridgehead atoms. The van der Waals surface area contributed by atoms with Crippen molar-refractivity contribution in [3.63, 3.8) is 0 Å². The molecule has 0 aromatic rings. The standard InChI is InChI=1S/C7H14N2S2/c8-6(1-3-10)5-7(9)2-4-11/h3-4,6-7H,1-2,5,8-9H2. The first-order valence-electron chi connectivity index (χ1n) is 3.59. The van der Waals surface area contributed by atoms with Gasteiger partial charge in [-0.1, -0.05) is 24.4 Å². The van der Waals surface area contributed by atoms with Gasteiger partial charge in [-0.25, -0.2) is 0 Å². The molecule has 0 heterocycles. The molecule has 11 heavy (non-hydrogen) atoms. The molecule has 0 spiro atoms. The molecular formula is C7H14N2S2. The van der Waals surface area contributed by atoms with Gasteiger partial charge in [0.1, 0.15) is 0 Å². The van der Waals surface area contributed by atoms with Crippen molar-refractivity contribution in [2.24, 2.45) is 11.5 Å². The molecule has 0 saturated heterocycles. The van der Waals surface area contributed by atoms with Gasteiger partial charge in [0, 0.05) is 12.1 Å². The van der Waals surface area contributed by atoms with E-state index in [0.717, 1.165) is 19.3 Å². The van der Waals surface area contributed by atoms with E-state index in [-0.39, 0.29) is 12.1 Å². The maximum atomic E-state index is 5.69. The van der Waals surface area contributed by atoms with Crippen molar-refractivity contribution in [1.82, 2.24) is 0 Å². The zero-order valence-electron chi connectivity index (χ0n) is 6.40. The molecule has 64 valence electrons. The number of thiocarbonyl (C=S) groups is 2. The van der Waals surface area contributed by atoms with Crippen molar-refractivity contribution >= 4 is 35.2 Å². The highest BCUT2D eigenvalue weighted by Crippen LogP contribution is 1.99. The van der Waals surface area contributed by atoms with Crippen LogP contribution in [0.15, 0.2) is 0 Å². The second-order valence-corrected chi connectivity index (χ2v) is 3.23. The van der Waals surface area contributed by atoms with Crippen LogP contribution in [0.4, 0.5) is 0 Å². The van der Waals surface area contributed by atoms with E-state index in [1.165, 1.54) is 0 Å². The van der Waals surface area contributed by atoms with E-state index in [0.29, 0.717) is 0 Å². The molecule has 2 nitrogen and oxygen atoms in total. The molecule has 0 rings (SSSR count). The third-order valence-electron chi connectivity index (χ3n) is 1.40. The Morgan fingerprint density at radius 2 is 1.36 bits per heavy atom. The highest BCUT2D eigenvalue weighted by molar-refractivity contribution is 7.79. The van der Waals surface area contributed by atoms with Gasteiger partial charge in [-0.2, -0.15) is 0 Å². The molecule has 0 aliphatic rings. The molecule has 0 amide bonds. The van der Waals surface area contributed by atoms with Crippen LogP contribution in [0.25, 0.3) is 0 Å². The Labute approximate surface area is 78.3 Å². The van der Waals surface area contributed by atoms with E-state index in [4.69, 9.17) is 11.5 Å². The Morgan fingerprint density at radius 3 is 1.64 bits per heavy atom. The summed E-state index contributed by atoms with van der Waals surface area (Å²) in [5, 5.41) is 3.30. The summed E-state index contributed by atoms with van der Waals surface area (Å²) in [6, 6.07) is 0.190. The highest BCUT2D eigenvalue weighted by atomic mass is 32.1. The summed E-state index contributed by atoms with van der Waals surface area (Å²) in [7, 11) is 0. The van der Waals surface area contributed by atoms with Crippen LogP contribution in [0.1, 0.15) is 19.3 Å². The molecule has 0 fully saturated rings. The van der Waals surface area contributed by atoms with Crippen LogP contribution < -0.4 is 11.5 Å². The fraction of sp³-hybridized carbons (Fsp3) is 0.714. The number of hydrogen-bond acceptors (Lipinski definition) is 4. The fourth-order valence-corrected chi connectivity index (χ4v) is 1.32. The summed E-state index contributed by atoms with van der Waals surface area (Å²) in [5.41, 5.74) is 11.4. The first kappa shape index (κ1) is 11.1. The topological polar surface area (TPSA) is 52.0 Å². The van der Waals surface area contributed by atoms with Gasteiger partial charge in [0.15, 0.2) is 0 Å². The van der Waals surface area contributed by atoms with Crippen LogP contribution in [0.3, 0.4) is 0 Å². The normalized spacial score (nSPS) is 15.5. The Hall–Kier alpha value is 0.100. The molecule has 4 heteroatoms. The summed E-state index contributed by atoms with van der Waals surface area (Å²) in [5.74, 6) is 0. The van der Waals surface area contributed by atoms with E-state index in [1.807, 2.05) is 0 Å². The predicted molar refractivity (Wildman–Crippen MR) is 57.1 cm³/mol. The average Bonchev–Trinajstić information content (AvgIpc) is 1.87. The molecule has 2 atom stereocenters. The van der Waals surface area contributed by atoms with Crippen LogP contribution in [0.2, 0.25) is 0 Å². The lowest BCUT2D eigenvalue weighted by Gasteiger charge is -2.13. The van der Waals surface area contributed by atoms with E-state index in [9.17, 15) is 0 Å². The second kappa shape index (κ2) is 6.79. The van der Waals surface area contributed by atoms with Crippen LogP contribution >= 0.6 is 24.4 Å². The summed E-state index contributed by atoms with van der Waals surface area (Å²) in [6.45, 7) is 0. The lowest BCUT2D eigenvalue weighted by atomic mass is 10.0. The van der Waals surface area contributed by atoms with Gasteiger partial charge >= 0.3 is 0 Å². The minimum absolute atomic E-state index is 0.0949. The molecule has 2 unspecified atom stereocenters. The van der Waals surface area contributed by atoms with Gasteiger partial charge in [-0.05, 0) is 30.0 Å². The Morgan fingerprint density at radius 1 is 1.00 bits per heavy atom. The van der Waals surface area contributed by atoms with Crippen LogP contribution in [0.5, 0.6) is 0 Å². The van der Waals surface area contributed by atoms with Gasteiger partial charge in [-0.15, -0.1) is 0 Å². The largest absolute Gasteiger partial charge is 0.327 e. The van der Waals surface area contributed by atoms with Crippen molar-refractivity contribution in [2.45, 2.75) is 31.3 Å². The SMILES string of the molecule is NC(CC=S)CC(N)CC=S. The highest BCUT2D eigenvalue weighted by Gasteiger charge is 2.06. The quantitative estimate of drug-likeness (QED) is 0.609. The van der Waals surface area contributed by atoms with Crippen molar-refractivity contribution < 1.29 is 0 Å². The zero-order valence-corrected chi connectivity index (χ0v) is 8.03.